The Kier molecular flexibility index (Phi) is 4.03. The molecular weight excluding hydrogens is 378 g/mol. The number of ether oxygens (including phenoxy) is 1. The minimum atomic E-state index is -0.295. The number of aryl methyl sites for hydroxylation is 1. The molecule has 2 bridgehead atoms. The van der Waals surface area contributed by atoms with E-state index in [4.69, 9.17) is 10.5 Å². The summed E-state index contributed by atoms with van der Waals surface area (Å²) in [5.74, 6) is 0.756. The fourth-order valence-electron chi connectivity index (χ4n) is 3.85. The molecule has 1 aliphatic heterocycles. The van der Waals surface area contributed by atoms with Crippen LogP contribution in [0.25, 0.3) is 16.9 Å². The summed E-state index contributed by atoms with van der Waals surface area (Å²) < 4.78 is 10.1. The fourth-order valence-corrected chi connectivity index (χ4v) is 3.85. The molecule has 0 amide bonds. The molecule has 0 aliphatic carbocycles. The highest BCUT2D eigenvalue weighted by molar-refractivity contribution is 5.69. The van der Waals surface area contributed by atoms with Crippen molar-refractivity contribution in [1.29, 1.82) is 5.26 Å². The number of nitriles is 1. The summed E-state index contributed by atoms with van der Waals surface area (Å²) in [5, 5.41) is 14.2. The van der Waals surface area contributed by atoms with Gasteiger partial charge < -0.3 is 15.0 Å². The van der Waals surface area contributed by atoms with Crippen molar-refractivity contribution in [3.05, 3.63) is 71.6 Å². The van der Waals surface area contributed by atoms with Crippen molar-refractivity contribution in [1.82, 2.24) is 24.3 Å². The van der Waals surface area contributed by atoms with Gasteiger partial charge in [0.1, 0.15) is 12.2 Å². The molecule has 0 spiro atoms. The molecule has 0 saturated carbocycles. The number of pyridine rings is 1. The molecule has 0 saturated heterocycles. The summed E-state index contributed by atoms with van der Waals surface area (Å²) in [7, 11) is 0. The largest absolute Gasteiger partial charge is 0.482 e. The number of nitrogens with zero attached hydrogens (tertiary/aromatic N) is 6. The summed E-state index contributed by atoms with van der Waals surface area (Å²) in [6.07, 6.45) is 4.77. The number of nitrogen functional groups attached to an aromatic ring is 1. The number of benzene rings is 1. The van der Waals surface area contributed by atoms with Crippen LogP contribution in [0.5, 0.6) is 5.75 Å². The van der Waals surface area contributed by atoms with Gasteiger partial charge in [-0.1, -0.05) is 17.7 Å². The summed E-state index contributed by atoms with van der Waals surface area (Å²) in [6.45, 7) is 4.52. The number of anilines is 1. The summed E-state index contributed by atoms with van der Waals surface area (Å²) in [6, 6.07) is 12.1. The number of hydrogen-bond acceptors (Lipinski definition) is 6. The van der Waals surface area contributed by atoms with Crippen LogP contribution in [0.1, 0.15) is 35.5 Å². The molecule has 3 aromatic heterocycles. The first kappa shape index (κ1) is 17.9. The van der Waals surface area contributed by atoms with E-state index >= 15 is 0 Å². The first-order valence-corrected chi connectivity index (χ1v) is 9.56. The van der Waals surface area contributed by atoms with Crippen molar-refractivity contribution >= 4 is 5.82 Å². The third kappa shape index (κ3) is 2.79. The van der Waals surface area contributed by atoms with Gasteiger partial charge in [-0.2, -0.15) is 10.4 Å². The second-order valence-electron chi connectivity index (χ2n) is 7.35. The topological polar surface area (TPSA) is 108 Å². The standard InChI is InChI=1S/C22H19N7O/c1-13-3-4-19-17(7-13)14(2)30-20-8-15(10-25-22(20)24)21-18(9-23)26-12-28(21)11-16-5-6-27-29(16)19/h3-8,10,12,14H,11H2,1-2H3,(H2,24,25). The lowest BCUT2D eigenvalue weighted by Gasteiger charge is -2.22. The number of aromatic nitrogens is 5. The van der Waals surface area contributed by atoms with E-state index in [0.717, 1.165) is 28.1 Å². The predicted octanol–water partition coefficient (Wildman–Crippen LogP) is 3.39. The van der Waals surface area contributed by atoms with Gasteiger partial charge in [0.05, 0.1) is 29.9 Å². The highest BCUT2D eigenvalue weighted by Crippen LogP contribution is 2.35. The first-order chi connectivity index (χ1) is 14.5. The van der Waals surface area contributed by atoms with Crippen LogP contribution < -0.4 is 10.5 Å². The molecule has 0 fully saturated rings. The normalized spacial score (nSPS) is 14.9. The van der Waals surface area contributed by atoms with Gasteiger partial charge in [-0.15, -0.1) is 0 Å². The molecular formula is C22H19N7O. The Bertz CT molecular complexity index is 1310. The molecule has 1 aliphatic rings. The van der Waals surface area contributed by atoms with Crippen molar-refractivity contribution in [3.63, 3.8) is 0 Å². The third-order valence-corrected chi connectivity index (χ3v) is 5.31. The Morgan fingerprint density at radius 1 is 1.23 bits per heavy atom. The average molecular weight is 397 g/mol. The lowest BCUT2D eigenvalue weighted by Crippen LogP contribution is -2.14. The highest BCUT2D eigenvalue weighted by Gasteiger charge is 2.22. The summed E-state index contributed by atoms with van der Waals surface area (Å²) >= 11 is 0. The van der Waals surface area contributed by atoms with E-state index < -0.39 is 0 Å². The van der Waals surface area contributed by atoms with Crippen molar-refractivity contribution < 1.29 is 4.74 Å². The van der Waals surface area contributed by atoms with Gasteiger partial charge in [-0.25, -0.2) is 14.6 Å². The molecule has 4 heterocycles. The monoisotopic (exact) mass is 397 g/mol. The molecule has 1 atom stereocenters. The first-order valence-electron chi connectivity index (χ1n) is 9.56. The van der Waals surface area contributed by atoms with Gasteiger partial charge in [0.2, 0.25) is 0 Å². The van der Waals surface area contributed by atoms with Crippen LogP contribution in [-0.2, 0) is 6.54 Å². The van der Waals surface area contributed by atoms with Gasteiger partial charge in [0.25, 0.3) is 0 Å². The third-order valence-electron chi connectivity index (χ3n) is 5.31. The van der Waals surface area contributed by atoms with E-state index in [0.29, 0.717) is 29.5 Å². The van der Waals surface area contributed by atoms with Crippen LogP contribution in [0.15, 0.2) is 49.1 Å². The second kappa shape index (κ2) is 6.74. The molecule has 148 valence electrons. The van der Waals surface area contributed by atoms with E-state index in [2.05, 4.69) is 33.3 Å². The maximum absolute atomic E-state index is 9.59. The van der Waals surface area contributed by atoms with Crippen molar-refractivity contribution in [2.24, 2.45) is 0 Å². The van der Waals surface area contributed by atoms with Crippen molar-refractivity contribution in [3.8, 4) is 28.8 Å². The quantitative estimate of drug-likeness (QED) is 0.487. The van der Waals surface area contributed by atoms with Gasteiger partial charge in [0, 0.05) is 23.5 Å². The number of rotatable bonds is 0. The predicted molar refractivity (Wildman–Crippen MR) is 111 cm³/mol. The zero-order valence-electron chi connectivity index (χ0n) is 16.6. The molecule has 8 nitrogen and oxygen atoms in total. The Labute approximate surface area is 173 Å². The van der Waals surface area contributed by atoms with E-state index in [1.165, 1.54) is 0 Å². The number of nitrogens with two attached hydrogens (primary N) is 1. The van der Waals surface area contributed by atoms with Crippen LogP contribution in [-0.4, -0.2) is 24.3 Å². The Morgan fingerprint density at radius 2 is 2.10 bits per heavy atom. The van der Waals surface area contributed by atoms with Gasteiger partial charge >= 0.3 is 0 Å². The molecule has 1 aromatic carbocycles. The second-order valence-corrected chi connectivity index (χ2v) is 7.35. The molecule has 1 unspecified atom stereocenters. The lowest BCUT2D eigenvalue weighted by atomic mass is 10.0. The molecule has 0 radical (unpaired) electrons. The minimum Gasteiger partial charge on any atom is -0.482 e. The number of fused-ring (bicyclic) bond motifs is 7. The minimum absolute atomic E-state index is 0.293. The lowest BCUT2D eigenvalue weighted by molar-refractivity contribution is 0.227. The van der Waals surface area contributed by atoms with Crippen LogP contribution >= 0.6 is 0 Å². The van der Waals surface area contributed by atoms with E-state index in [9.17, 15) is 5.26 Å². The highest BCUT2D eigenvalue weighted by atomic mass is 16.5. The van der Waals surface area contributed by atoms with Crippen LogP contribution in [0.4, 0.5) is 5.82 Å². The van der Waals surface area contributed by atoms with E-state index in [1.54, 1.807) is 18.7 Å². The number of imidazole rings is 1. The van der Waals surface area contributed by atoms with Crippen LogP contribution in [0.3, 0.4) is 0 Å². The van der Waals surface area contributed by atoms with Crippen molar-refractivity contribution in [2.75, 3.05) is 5.73 Å². The number of hydrogen-bond donors (Lipinski definition) is 1. The molecule has 5 rings (SSSR count). The van der Waals surface area contributed by atoms with E-state index in [1.807, 2.05) is 41.3 Å². The molecule has 30 heavy (non-hydrogen) atoms. The summed E-state index contributed by atoms with van der Waals surface area (Å²) in [5.41, 5.74) is 11.8. The molecule has 2 N–H and O–H groups in total. The zero-order valence-corrected chi connectivity index (χ0v) is 16.6. The molecule has 8 heteroatoms. The van der Waals surface area contributed by atoms with Crippen LogP contribution in [0.2, 0.25) is 0 Å². The zero-order chi connectivity index (χ0) is 20.8. The van der Waals surface area contributed by atoms with E-state index in [-0.39, 0.29) is 6.10 Å². The Balaban J connectivity index is 1.81. The van der Waals surface area contributed by atoms with Crippen molar-refractivity contribution in [2.45, 2.75) is 26.5 Å². The van der Waals surface area contributed by atoms with Gasteiger partial charge in [-0.3, -0.25) is 0 Å². The fraction of sp³-hybridized carbons (Fsp3) is 0.182. The van der Waals surface area contributed by atoms with Gasteiger partial charge in [-0.05, 0) is 32.0 Å². The van der Waals surface area contributed by atoms with Crippen LogP contribution in [0, 0.1) is 18.3 Å². The molecule has 4 aromatic rings. The van der Waals surface area contributed by atoms with Gasteiger partial charge in [0.15, 0.2) is 17.3 Å². The average Bonchev–Trinajstić information content (AvgIpc) is 3.36. The maximum atomic E-state index is 9.59. The SMILES string of the molecule is Cc1ccc2c(c1)C(C)Oc1cc(cnc1N)-c1c(C#N)ncn1Cc1ccnn1-2. The maximum Gasteiger partial charge on any atom is 0.166 e. The summed E-state index contributed by atoms with van der Waals surface area (Å²) in [4.78, 5) is 8.59. The Hall–Kier alpha value is -4.12. The Morgan fingerprint density at radius 3 is 2.93 bits per heavy atom. The smallest absolute Gasteiger partial charge is 0.166 e.